The fourth-order valence-electron chi connectivity index (χ4n) is 3.42. The van der Waals surface area contributed by atoms with E-state index in [1.165, 1.54) is 0 Å². The predicted octanol–water partition coefficient (Wildman–Crippen LogP) is 2.95. The Kier molecular flexibility index (Phi) is 8.43. The Hall–Kier alpha value is -1.75. The highest BCUT2D eigenvalue weighted by atomic mass is 35.5. The number of hydrogen-bond acceptors (Lipinski definition) is 5. The van der Waals surface area contributed by atoms with Gasteiger partial charge >= 0.3 is 22.5 Å². The van der Waals surface area contributed by atoms with E-state index < -0.39 is 0 Å². The van der Waals surface area contributed by atoms with Crippen molar-refractivity contribution in [2.24, 2.45) is 0 Å². The van der Waals surface area contributed by atoms with Gasteiger partial charge in [0.15, 0.2) is 0 Å². The first-order valence-corrected chi connectivity index (χ1v) is 11.6. The Balaban J connectivity index is 1.58. The van der Waals surface area contributed by atoms with Gasteiger partial charge in [-0.1, -0.05) is 47.5 Å². The molecule has 0 spiro atoms. The zero-order valence-corrected chi connectivity index (χ0v) is 20.3. The highest BCUT2D eigenvalue weighted by Crippen LogP contribution is 2.33. The number of piperidine rings is 1. The molecule has 1 heterocycles. The van der Waals surface area contributed by atoms with Gasteiger partial charge in [-0.25, -0.2) is 0 Å². The molecule has 2 aromatic rings. The monoisotopic (exact) mass is 463 g/mol. The molecule has 30 heavy (non-hydrogen) atoms. The summed E-state index contributed by atoms with van der Waals surface area (Å²) in [6, 6.07) is 12.8. The number of esters is 1. The largest absolute Gasteiger partial charge is 0.462 e. The number of benzene rings is 2. The second-order valence-electron chi connectivity index (χ2n) is 7.16. The van der Waals surface area contributed by atoms with Crippen LogP contribution in [0, 0.1) is 0 Å². The van der Waals surface area contributed by atoms with Crippen molar-refractivity contribution >= 4 is 63.0 Å². The van der Waals surface area contributed by atoms with Crippen LogP contribution >= 0.6 is 23.2 Å². The van der Waals surface area contributed by atoms with E-state index in [0.717, 1.165) is 27.8 Å². The maximum Gasteiger partial charge on any atom is 0.319 e. The van der Waals surface area contributed by atoms with E-state index in [1.807, 2.05) is 29.2 Å². The number of halogens is 2. The number of carbonyl (C=O) groups is 2. The average molecular weight is 464 g/mol. The topological polar surface area (TPSA) is 70.7 Å². The second kappa shape index (κ2) is 11.0. The zero-order chi connectivity index (χ0) is 21.5. The van der Waals surface area contributed by atoms with Crippen molar-refractivity contribution in [1.29, 1.82) is 0 Å². The van der Waals surface area contributed by atoms with Crippen LogP contribution in [0.5, 0.6) is 0 Å². The van der Waals surface area contributed by atoms with Crippen LogP contribution in [0.2, 0.25) is 10.0 Å². The summed E-state index contributed by atoms with van der Waals surface area (Å²) in [5, 5.41) is 4.23. The molecule has 1 saturated heterocycles. The smallest absolute Gasteiger partial charge is 0.319 e. The minimum Gasteiger partial charge on any atom is -0.462 e. The summed E-state index contributed by atoms with van der Waals surface area (Å²) >= 11 is 13.3. The van der Waals surface area contributed by atoms with Gasteiger partial charge in [-0.2, -0.15) is 0 Å². The lowest BCUT2D eigenvalue weighted by atomic mass is 10.1. The highest BCUT2D eigenvalue weighted by Gasteiger charge is 2.25. The summed E-state index contributed by atoms with van der Waals surface area (Å²) < 4.78 is 8.68. The molecule has 9 heteroatoms. The Bertz CT molecular complexity index is 885. The number of nitrogens with zero attached hydrogens (tertiary/aromatic N) is 1. The van der Waals surface area contributed by atoms with Crippen LogP contribution in [-0.2, 0) is 20.7 Å². The van der Waals surface area contributed by atoms with Gasteiger partial charge in [0.2, 0.25) is 5.91 Å². The number of rotatable bonds is 7. The Morgan fingerprint density at radius 2 is 1.73 bits per heavy atom. The van der Waals surface area contributed by atoms with Crippen LogP contribution in [0.4, 0.5) is 11.4 Å². The van der Waals surface area contributed by atoms with Crippen molar-refractivity contribution in [1.82, 2.24) is 9.20 Å². The van der Waals surface area contributed by atoms with E-state index in [-0.39, 0.29) is 24.4 Å². The molecule has 158 valence electrons. The molecular weight excluding hydrogens is 440 g/mol. The predicted molar refractivity (Wildman–Crippen MR) is 122 cm³/mol. The highest BCUT2D eigenvalue weighted by molar-refractivity contribution is 6.39. The maximum absolute atomic E-state index is 12.5. The van der Waals surface area contributed by atoms with Gasteiger partial charge in [0.1, 0.15) is 6.10 Å². The number of likely N-dealkylation sites (tertiary alicyclic amines) is 1. The number of para-hydroxylation sites is 2. The number of amides is 1. The first kappa shape index (κ1) is 22.9. The van der Waals surface area contributed by atoms with Gasteiger partial charge in [0, 0.05) is 31.6 Å². The quantitative estimate of drug-likeness (QED) is 0.487. The van der Waals surface area contributed by atoms with Crippen molar-refractivity contribution in [3.63, 3.8) is 0 Å². The van der Waals surface area contributed by atoms with E-state index in [4.69, 9.17) is 27.9 Å². The first-order chi connectivity index (χ1) is 14.5. The van der Waals surface area contributed by atoms with E-state index in [1.54, 1.807) is 18.2 Å². The molecule has 1 amide bonds. The fourth-order valence-corrected chi connectivity index (χ4v) is 4.21. The van der Waals surface area contributed by atoms with Crippen molar-refractivity contribution in [2.75, 3.05) is 25.0 Å². The molecule has 0 saturated carbocycles. The third-order valence-corrected chi connectivity index (χ3v) is 5.98. The van der Waals surface area contributed by atoms with Gasteiger partial charge in [-0.3, -0.25) is 9.59 Å². The summed E-state index contributed by atoms with van der Waals surface area (Å²) in [6.45, 7) is 1.61. The van der Waals surface area contributed by atoms with Gasteiger partial charge in [0.05, 0.1) is 28.7 Å². The van der Waals surface area contributed by atoms with Crippen molar-refractivity contribution in [2.45, 2.75) is 25.4 Å². The molecule has 0 aliphatic carbocycles. The Morgan fingerprint density at radius 3 is 2.40 bits per heavy atom. The molecule has 0 aromatic heterocycles. The molecule has 6 nitrogen and oxygen atoms in total. The molecular formula is C21H24AlCl2N3O3. The number of hydrogen-bond donors (Lipinski definition) is 2. The van der Waals surface area contributed by atoms with Crippen LogP contribution < -0.4 is 9.62 Å². The Labute approximate surface area is 194 Å². The molecule has 0 radical (unpaired) electrons. The lowest BCUT2D eigenvalue weighted by molar-refractivity contribution is -0.151. The molecule has 0 bridgehead atoms. The van der Waals surface area contributed by atoms with Crippen LogP contribution in [0.15, 0.2) is 42.5 Å². The van der Waals surface area contributed by atoms with Gasteiger partial charge < -0.3 is 19.3 Å². The lowest BCUT2D eigenvalue weighted by Crippen LogP contribution is -2.44. The molecule has 3 rings (SSSR count). The maximum atomic E-state index is 12.5. The SMILES string of the molecule is O=C(Cc1ccccc1Nc1c(Cl)cccc1Cl)OC1CCN(C(=O)C[NH][AlH2])CC1. The van der Waals surface area contributed by atoms with E-state index in [9.17, 15) is 9.59 Å². The van der Waals surface area contributed by atoms with Crippen molar-refractivity contribution in [3.05, 3.63) is 58.1 Å². The zero-order valence-electron chi connectivity index (χ0n) is 16.8. The summed E-state index contributed by atoms with van der Waals surface area (Å²) in [6.07, 6.45) is 1.29. The average Bonchev–Trinajstić information content (AvgIpc) is 2.72. The summed E-state index contributed by atoms with van der Waals surface area (Å²) in [5.41, 5.74) is 2.15. The first-order valence-electron chi connectivity index (χ1n) is 9.88. The molecule has 0 unspecified atom stereocenters. The van der Waals surface area contributed by atoms with E-state index in [0.29, 0.717) is 48.2 Å². The third kappa shape index (κ3) is 6.13. The fraction of sp³-hybridized carbons (Fsp3) is 0.333. The van der Waals surface area contributed by atoms with Crippen LogP contribution in [0.1, 0.15) is 18.4 Å². The standard InChI is InChI=1S/C21H22Cl2N3O3.Al.2H/c22-16-5-3-6-17(23)21(16)25-18-7-2-1-4-14(18)12-20(28)29-15-8-10-26(11-9-15)19(27)13-24;;;/h1-7,15,24-25H,8-13H2;;;/q-1;+1;;. The number of carbonyl (C=O) groups excluding carboxylic acids is 2. The molecule has 1 fully saturated rings. The van der Waals surface area contributed by atoms with E-state index in [2.05, 4.69) is 9.62 Å². The van der Waals surface area contributed by atoms with Crippen molar-refractivity contribution < 1.29 is 14.3 Å². The number of anilines is 2. The third-order valence-electron chi connectivity index (χ3n) is 5.00. The number of nitrogens with one attached hydrogen (secondary N) is 2. The molecule has 1 aliphatic rings. The van der Waals surface area contributed by atoms with Gasteiger partial charge in [-0.15, -0.1) is 0 Å². The minimum absolute atomic E-state index is 0.105. The lowest BCUT2D eigenvalue weighted by Gasteiger charge is -2.31. The minimum atomic E-state index is -0.291. The van der Waals surface area contributed by atoms with Gasteiger partial charge in [-0.05, 0) is 23.8 Å². The van der Waals surface area contributed by atoms with Crippen LogP contribution in [-0.4, -0.2) is 59.0 Å². The van der Waals surface area contributed by atoms with Crippen molar-refractivity contribution in [3.8, 4) is 0 Å². The summed E-state index contributed by atoms with van der Waals surface area (Å²) in [4.78, 5) is 26.3. The van der Waals surface area contributed by atoms with Crippen LogP contribution in [0.3, 0.4) is 0 Å². The molecule has 2 N–H and O–H groups in total. The second-order valence-corrected chi connectivity index (χ2v) is 8.68. The number of ether oxygens (including phenoxy) is 1. The molecule has 0 atom stereocenters. The Morgan fingerprint density at radius 1 is 1.07 bits per heavy atom. The molecule has 1 aliphatic heterocycles. The van der Waals surface area contributed by atoms with Gasteiger partial charge in [0.25, 0.3) is 0 Å². The van der Waals surface area contributed by atoms with Crippen LogP contribution in [0.25, 0.3) is 0 Å². The molecule has 2 aromatic carbocycles. The normalized spacial score (nSPS) is 14.4. The van der Waals surface area contributed by atoms with E-state index >= 15 is 0 Å². The summed E-state index contributed by atoms with van der Waals surface area (Å²) in [5.74, 6) is -0.187. The summed E-state index contributed by atoms with van der Waals surface area (Å²) in [7, 11) is 0.